The second-order valence-electron chi connectivity index (χ2n) is 6.36. The number of H-pyrrole nitrogens is 1. The highest BCUT2D eigenvalue weighted by molar-refractivity contribution is 7.98. The molecule has 4 aromatic rings. The number of fused-ring (bicyclic) bond motifs is 1. The number of carbonyl (C=O) groups is 1. The summed E-state index contributed by atoms with van der Waals surface area (Å²) in [6.45, 7) is 2.27. The van der Waals surface area contributed by atoms with Crippen molar-refractivity contribution in [3.05, 3.63) is 76.3 Å². The molecule has 0 spiro atoms. The van der Waals surface area contributed by atoms with Crippen molar-refractivity contribution in [2.45, 2.75) is 24.4 Å². The molecule has 0 saturated carbocycles. The van der Waals surface area contributed by atoms with Gasteiger partial charge < -0.3 is 0 Å². The van der Waals surface area contributed by atoms with Crippen molar-refractivity contribution < 1.29 is 4.79 Å². The smallest absolute Gasteiger partial charge is 0.269 e. The van der Waals surface area contributed by atoms with E-state index >= 15 is 0 Å². The summed E-state index contributed by atoms with van der Waals surface area (Å²) in [5, 5.41) is 7.88. The van der Waals surface area contributed by atoms with Crippen molar-refractivity contribution in [3.8, 4) is 0 Å². The van der Waals surface area contributed by atoms with Crippen LogP contribution in [-0.4, -0.2) is 30.6 Å². The number of benzene rings is 2. The molecule has 1 amide bonds. The Morgan fingerprint density at radius 1 is 1.17 bits per heavy atom. The number of para-hydroxylation sites is 1. The van der Waals surface area contributed by atoms with Crippen LogP contribution in [0.3, 0.4) is 0 Å². The Balaban J connectivity index is 1.44. The van der Waals surface area contributed by atoms with Gasteiger partial charge in [0.1, 0.15) is 6.33 Å². The molecule has 0 unspecified atom stereocenters. The number of amides is 1. The fourth-order valence-electron chi connectivity index (χ4n) is 2.91. The van der Waals surface area contributed by atoms with Crippen molar-refractivity contribution >= 4 is 34.5 Å². The summed E-state index contributed by atoms with van der Waals surface area (Å²) in [4.78, 5) is 33.7. The molecule has 30 heavy (non-hydrogen) atoms. The Morgan fingerprint density at radius 2 is 1.97 bits per heavy atom. The van der Waals surface area contributed by atoms with Crippen LogP contribution in [0.5, 0.6) is 0 Å². The van der Waals surface area contributed by atoms with Crippen LogP contribution < -0.4 is 16.4 Å². The van der Waals surface area contributed by atoms with Gasteiger partial charge in [-0.25, -0.2) is 9.97 Å². The van der Waals surface area contributed by atoms with Gasteiger partial charge in [-0.05, 0) is 36.8 Å². The third-order valence-electron chi connectivity index (χ3n) is 4.45. The van der Waals surface area contributed by atoms with Gasteiger partial charge in [0.25, 0.3) is 11.5 Å². The molecule has 2 aromatic carbocycles. The van der Waals surface area contributed by atoms with Crippen molar-refractivity contribution in [1.82, 2.24) is 30.2 Å². The number of aromatic amines is 1. The van der Waals surface area contributed by atoms with E-state index in [0.717, 1.165) is 10.7 Å². The van der Waals surface area contributed by atoms with Gasteiger partial charge in [-0.2, -0.15) is 5.10 Å². The fourth-order valence-corrected chi connectivity index (χ4v) is 3.64. The molecule has 2 heterocycles. The number of hydrogen-bond acceptors (Lipinski definition) is 7. The first kappa shape index (κ1) is 19.6. The van der Waals surface area contributed by atoms with Crippen LogP contribution in [0.2, 0.25) is 0 Å². The lowest BCUT2D eigenvalue weighted by Crippen LogP contribution is -2.34. The summed E-state index contributed by atoms with van der Waals surface area (Å²) in [6.07, 6.45) is 1.46. The molecule has 9 nitrogen and oxygen atoms in total. The average molecular weight is 421 g/mol. The Bertz CT molecular complexity index is 1220. The number of aromatic nitrogens is 5. The van der Waals surface area contributed by atoms with Crippen LogP contribution >= 0.6 is 11.8 Å². The Labute approximate surface area is 175 Å². The van der Waals surface area contributed by atoms with E-state index in [9.17, 15) is 9.59 Å². The maximum absolute atomic E-state index is 12.6. The van der Waals surface area contributed by atoms with Crippen molar-refractivity contribution in [2.75, 3.05) is 5.43 Å². The first-order chi connectivity index (χ1) is 14.7. The standard InChI is InChI=1S/C20H19N7O2S/c1-2-27-18(29)15-5-3-4-6-16(15)23-19(27)25-24-17(28)14-9-7-13(8-10-14)11-30-20-21-12-22-26-20/h3-10,12H,2,11H2,1H3,(H,23,25)(H,24,28)(H,21,22,26). The molecule has 0 radical (unpaired) electrons. The highest BCUT2D eigenvalue weighted by Gasteiger charge is 2.11. The van der Waals surface area contributed by atoms with Gasteiger partial charge >= 0.3 is 0 Å². The minimum absolute atomic E-state index is 0.159. The minimum atomic E-state index is -0.325. The number of nitrogens with one attached hydrogen (secondary N) is 3. The van der Waals surface area contributed by atoms with Gasteiger partial charge in [0.05, 0.1) is 10.9 Å². The lowest BCUT2D eigenvalue weighted by molar-refractivity contribution is 0.0962. The Hall–Kier alpha value is -3.66. The second kappa shape index (κ2) is 8.78. The summed E-state index contributed by atoms with van der Waals surface area (Å²) in [5.41, 5.74) is 7.35. The molecule has 152 valence electrons. The zero-order valence-electron chi connectivity index (χ0n) is 16.1. The Kier molecular flexibility index (Phi) is 5.75. The highest BCUT2D eigenvalue weighted by Crippen LogP contribution is 2.18. The van der Waals surface area contributed by atoms with E-state index in [0.29, 0.717) is 28.8 Å². The number of thioether (sulfide) groups is 1. The number of anilines is 1. The lowest BCUT2D eigenvalue weighted by atomic mass is 10.1. The van der Waals surface area contributed by atoms with Crippen molar-refractivity contribution in [2.24, 2.45) is 0 Å². The molecule has 0 saturated heterocycles. The van der Waals surface area contributed by atoms with Gasteiger partial charge in [0.2, 0.25) is 5.95 Å². The minimum Gasteiger partial charge on any atom is -0.277 e. The maximum atomic E-state index is 12.6. The fraction of sp³-hybridized carbons (Fsp3) is 0.150. The summed E-state index contributed by atoms with van der Waals surface area (Å²) in [7, 11) is 0. The van der Waals surface area contributed by atoms with E-state index in [4.69, 9.17) is 0 Å². The monoisotopic (exact) mass is 421 g/mol. The van der Waals surface area contributed by atoms with Crippen molar-refractivity contribution in [3.63, 3.8) is 0 Å². The topological polar surface area (TPSA) is 118 Å². The molecule has 0 fully saturated rings. The number of nitrogens with zero attached hydrogens (tertiary/aromatic N) is 4. The molecule has 3 N–H and O–H groups in total. The second-order valence-corrected chi connectivity index (χ2v) is 7.32. The van der Waals surface area contributed by atoms with E-state index in [1.54, 1.807) is 30.3 Å². The van der Waals surface area contributed by atoms with Crippen LogP contribution in [0.4, 0.5) is 5.95 Å². The van der Waals surface area contributed by atoms with Crippen LogP contribution in [-0.2, 0) is 12.3 Å². The number of hydrogen-bond donors (Lipinski definition) is 3. The van der Waals surface area contributed by atoms with Gasteiger partial charge in [0, 0.05) is 17.9 Å². The molecular formula is C20H19N7O2S. The summed E-state index contributed by atoms with van der Waals surface area (Å²) >= 11 is 1.53. The van der Waals surface area contributed by atoms with Gasteiger partial charge in [-0.1, -0.05) is 36.0 Å². The zero-order valence-corrected chi connectivity index (χ0v) is 16.9. The molecular weight excluding hydrogens is 402 g/mol. The van der Waals surface area contributed by atoms with Gasteiger partial charge in [0.15, 0.2) is 5.16 Å². The molecule has 0 bridgehead atoms. The number of carbonyl (C=O) groups excluding carboxylic acids is 1. The van der Waals surface area contributed by atoms with Crippen LogP contribution in [0.25, 0.3) is 10.9 Å². The summed E-state index contributed by atoms with van der Waals surface area (Å²) in [6, 6.07) is 14.4. The quantitative estimate of drug-likeness (QED) is 0.310. The third kappa shape index (κ3) is 4.18. The van der Waals surface area contributed by atoms with Gasteiger partial charge in [-0.3, -0.25) is 30.1 Å². The summed E-state index contributed by atoms with van der Waals surface area (Å²) in [5.74, 6) is 0.670. The van der Waals surface area contributed by atoms with E-state index in [-0.39, 0.29) is 17.4 Å². The average Bonchev–Trinajstić information content (AvgIpc) is 3.30. The van der Waals surface area contributed by atoms with E-state index < -0.39 is 0 Å². The summed E-state index contributed by atoms with van der Waals surface area (Å²) < 4.78 is 1.48. The molecule has 10 heteroatoms. The van der Waals surface area contributed by atoms with E-state index in [1.807, 2.05) is 25.1 Å². The number of hydrazine groups is 1. The third-order valence-corrected chi connectivity index (χ3v) is 5.40. The maximum Gasteiger partial charge on any atom is 0.269 e. The first-order valence-electron chi connectivity index (χ1n) is 9.28. The predicted octanol–water partition coefficient (Wildman–Crippen LogP) is 2.58. The zero-order chi connectivity index (χ0) is 20.9. The molecule has 0 aliphatic heterocycles. The predicted molar refractivity (Wildman–Crippen MR) is 115 cm³/mol. The normalized spacial score (nSPS) is 10.8. The molecule has 0 aliphatic rings. The Morgan fingerprint density at radius 3 is 2.70 bits per heavy atom. The first-order valence-corrected chi connectivity index (χ1v) is 10.3. The molecule has 0 atom stereocenters. The van der Waals surface area contributed by atoms with E-state index in [1.165, 1.54) is 22.7 Å². The number of rotatable bonds is 7. The molecule has 4 rings (SSSR count). The SMILES string of the molecule is CCn1c(NNC(=O)c2ccc(CSc3ncn[nH]3)cc2)nc2ccccc2c1=O. The van der Waals surface area contributed by atoms with Crippen LogP contribution in [0.1, 0.15) is 22.8 Å². The van der Waals surface area contributed by atoms with Crippen LogP contribution in [0.15, 0.2) is 64.8 Å². The largest absolute Gasteiger partial charge is 0.277 e. The van der Waals surface area contributed by atoms with Gasteiger partial charge in [-0.15, -0.1) is 0 Å². The van der Waals surface area contributed by atoms with Crippen molar-refractivity contribution in [1.29, 1.82) is 0 Å². The lowest BCUT2D eigenvalue weighted by Gasteiger charge is -2.14. The van der Waals surface area contributed by atoms with E-state index in [2.05, 4.69) is 31.0 Å². The highest BCUT2D eigenvalue weighted by atomic mass is 32.2. The molecule has 2 aromatic heterocycles. The van der Waals surface area contributed by atoms with Crippen LogP contribution in [0, 0.1) is 0 Å². The molecule has 0 aliphatic carbocycles.